The molecule has 106 valence electrons. The zero-order valence-corrected chi connectivity index (χ0v) is 11.9. The van der Waals surface area contributed by atoms with Crippen molar-refractivity contribution in [3.63, 3.8) is 0 Å². The molecule has 0 unspecified atom stereocenters. The van der Waals surface area contributed by atoms with E-state index in [9.17, 15) is 4.79 Å². The van der Waals surface area contributed by atoms with Crippen molar-refractivity contribution in [3.8, 4) is 0 Å². The number of nitrogens with two attached hydrogens (primary N) is 1. The molecule has 1 aromatic heterocycles. The molecule has 2 aromatic rings. The first-order valence-electron chi connectivity index (χ1n) is 6.50. The summed E-state index contributed by atoms with van der Waals surface area (Å²) in [6.45, 7) is 4.07. The lowest BCUT2D eigenvalue weighted by molar-refractivity contribution is -0.120. The Morgan fingerprint density at radius 1 is 1.35 bits per heavy atom. The van der Waals surface area contributed by atoms with Crippen molar-refractivity contribution >= 4 is 28.6 Å². The van der Waals surface area contributed by atoms with E-state index in [1.165, 1.54) is 0 Å². The van der Waals surface area contributed by atoms with Gasteiger partial charge in [-0.3, -0.25) is 4.79 Å². The van der Waals surface area contributed by atoms with Crippen LogP contribution in [0.1, 0.15) is 13.8 Å². The summed E-state index contributed by atoms with van der Waals surface area (Å²) in [5, 5.41) is 3.73. The van der Waals surface area contributed by atoms with E-state index >= 15 is 0 Å². The van der Waals surface area contributed by atoms with Gasteiger partial charge in [-0.05, 0) is 26.0 Å². The molecule has 0 fully saturated rings. The Bertz CT molecular complexity index is 626. The molecule has 0 bridgehead atoms. The lowest BCUT2D eigenvalue weighted by atomic mass is 10.2. The minimum Gasteiger partial charge on any atom is -0.368 e. The number of hydrogen-bond donors (Lipinski definition) is 2. The molecule has 6 nitrogen and oxygen atoms in total. The lowest BCUT2D eigenvalue weighted by Gasteiger charge is -2.20. The first kappa shape index (κ1) is 14.0. The van der Waals surface area contributed by atoms with Crippen molar-refractivity contribution in [2.45, 2.75) is 19.9 Å². The predicted octanol–water partition coefficient (Wildman–Crippen LogP) is 1.17. The Labute approximate surface area is 118 Å². The summed E-state index contributed by atoms with van der Waals surface area (Å²) in [6.07, 6.45) is 0. The lowest BCUT2D eigenvalue weighted by Crippen LogP contribution is -2.39. The normalized spacial score (nSPS) is 10.8. The van der Waals surface area contributed by atoms with Crippen LogP contribution in [0.4, 0.5) is 11.8 Å². The van der Waals surface area contributed by atoms with E-state index in [2.05, 4.69) is 15.3 Å². The zero-order valence-electron chi connectivity index (χ0n) is 11.9. The smallest absolute Gasteiger partial charge is 0.239 e. The first-order valence-corrected chi connectivity index (χ1v) is 6.50. The number of aromatic nitrogens is 2. The topological polar surface area (TPSA) is 84.1 Å². The number of benzene rings is 1. The van der Waals surface area contributed by atoms with Crippen LogP contribution in [0, 0.1) is 0 Å². The SMILES string of the molecule is CC(C)NC(=O)CN(C)c1nc(N)nc2ccccc12. The van der Waals surface area contributed by atoms with Gasteiger partial charge in [0.05, 0.1) is 12.1 Å². The van der Waals surface area contributed by atoms with E-state index < -0.39 is 0 Å². The average Bonchev–Trinajstić information content (AvgIpc) is 2.36. The highest BCUT2D eigenvalue weighted by Crippen LogP contribution is 2.23. The summed E-state index contributed by atoms with van der Waals surface area (Å²) >= 11 is 0. The van der Waals surface area contributed by atoms with Crippen LogP contribution < -0.4 is 16.0 Å². The maximum atomic E-state index is 11.8. The number of likely N-dealkylation sites (N-methyl/N-ethyl adjacent to an activating group) is 1. The van der Waals surface area contributed by atoms with Crippen molar-refractivity contribution < 1.29 is 4.79 Å². The summed E-state index contributed by atoms with van der Waals surface area (Å²) < 4.78 is 0. The number of amides is 1. The van der Waals surface area contributed by atoms with Crippen molar-refractivity contribution in [2.24, 2.45) is 0 Å². The van der Waals surface area contributed by atoms with Crippen LogP contribution in [0.25, 0.3) is 10.9 Å². The van der Waals surface area contributed by atoms with Gasteiger partial charge < -0.3 is 16.0 Å². The Balaban J connectivity index is 2.30. The van der Waals surface area contributed by atoms with Crippen molar-refractivity contribution in [1.82, 2.24) is 15.3 Å². The number of fused-ring (bicyclic) bond motifs is 1. The Morgan fingerprint density at radius 3 is 2.75 bits per heavy atom. The zero-order chi connectivity index (χ0) is 14.7. The minimum absolute atomic E-state index is 0.0521. The number of carbonyl (C=O) groups excluding carboxylic acids is 1. The van der Waals surface area contributed by atoms with Crippen LogP contribution in [0.5, 0.6) is 0 Å². The molecule has 0 aliphatic rings. The standard InChI is InChI=1S/C14H19N5O/c1-9(2)16-12(20)8-19(3)13-10-6-4-5-7-11(10)17-14(15)18-13/h4-7,9H,8H2,1-3H3,(H,16,20)(H2,15,17,18). The largest absolute Gasteiger partial charge is 0.368 e. The van der Waals surface area contributed by atoms with Gasteiger partial charge in [0.2, 0.25) is 11.9 Å². The third-order valence-corrected chi connectivity index (χ3v) is 2.79. The summed E-state index contributed by atoms with van der Waals surface area (Å²) in [7, 11) is 1.81. The minimum atomic E-state index is -0.0521. The maximum absolute atomic E-state index is 11.8. The van der Waals surface area contributed by atoms with Crippen molar-refractivity contribution in [1.29, 1.82) is 0 Å². The van der Waals surface area contributed by atoms with Gasteiger partial charge in [-0.2, -0.15) is 4.98 Å². The van der Waals surface area contributed by atoms with E-state index in [0.717, 1.165) is 10.9 Å². The number of nitrogen functional groups attached to an aromatic ring is 1. The van der Waals surface area contributed by atoms with Gasteiger partial charge in [-0.15, -0.1) is 0 Å². The molecular weight excluding hydrogens is 254 g/mol. The molecule has 0 aliphatic carbocycles. The second-order valence-corrected chi connectivity index (χ2v) is 5.00. The van der Waals surface area contributed by atoms with E-state index in [1.807, 2.05) is 45.2 Å². The van der Waals surface area contributed by atoms with Gasteiger partial charge in [0.15, 0.2) is 0 Å². The molecule has 0 saturated heterocycles. The highest BCUT2D eigenvalue weighted by molar-refractivity contribution is 5.92. The van der Waals surface area contributed by atoms with Gasteiger partial charge >= 0.3 is 0 Å². The molecule has 1 heterocycles. The van der Waals surface area contributed by atoms with E-state index in [1.54, 1.807) is 4.90 Å². The highest BCUT2D eigenvalue weighted by atomic mass is 16.2. The number of carbonyl (C=O) groups is 1. The third-order valence-electron chi connectivity index (χ3n) is 2.79. The second-order valence-electron chi connectivity index (χ2n) is 5.00. The number of nitrogens with one attached hydrogen (secondary N) is 1. The highest BCUT2D eigenvalue weighted by Gasteiger charge is 2.13. The second kappa shape index (κ2) is 5.73. The third kappa shape index (κ3) is 3.14. The summed E-state index contributed by atoms with van der Waals surface area (Å²) in [6, 6.07) is 7.71. The molecule has 0 atom stereocenters. The molecule has 6 heteroatoms. The fraction of sp³-hybridized carbons (Fsp3) is 0.357. The predicted molar refractivity (Wildman–Crippen MR) is 80.5 cm³/mol. The van der Waals surface area contributed by atoms with Crippen molar-refractivity contribution in [2.75, 3.05) is 24.2 Å². The van der Waals surface area contributed by atoms with Gasteiger partial charge in [0.25, 0.3) is 0 Å². The van der Waals surface area contributed by atoms with E-state index in [0.29, 0.717) is 5.82 Å². The summed E-state index contributed by atoms with van der Waals surface area (Å²) in [4.78, 5) is 22.0. The molecule has 20 heavy (non-hydrogen) atoms. The molecular formula is C14H19N5O. The number of nitrogens with zero attached hydrogens (tertiary/aromatic N) is 3. The fourth-order valence-electron chi connectivity index (χ4n) is 2.03. The Kier molecular flexibility index (Phi) is 4.02. The van der Waals surface area contributed by atoms with Crippen LogP contribution in [0.3, 0.4) is 0 Å². The number of hydrogen-bond acceptors (Lipinski definition) is 5. The number of para-hydroxylation sites is 1. The van der Waals surface area contributed by atoms with E-state index in [-0.39, 0.29) is 24.4 Å². The van der Waals surface area contributed by atoms with Crippen LogP contribution in [0.15, 0.2) is 24.3 Å². The average molecular weight is 273 g/mol. The molecule has 3 N–H and O–H groups in total. The Hall–Kier alpha value is -2.37. The van der Waals surface area contributed by atoms with Crippen LogP contribution in [-0.4, -0.2) is 35.5 Å². The summed E-state index contributed by atoms with van der Waals surface area (Å²) in [5.41, 5.74) is 6.49. The number of rotatable bonds is 4. The van der Waals surface area contributed by atoms with Crippen LogP contribution in [0.2, 0.25) is 0 Å². The monoisotopic (exact) mass is 273 g/mol. The van der Waals surface area contributed by atoms with Gasteiger partial charge in [0, 0.05) is 18.5 Å². The van der Waals surface area contributed by atoms with Gasteiger partial charge in [0.1, 0.15) is 5.82 Å². The van der Waals surface area contributed by atoms with Gasteiger partial charge in [-0.25, -0.2) is 4.98 Å². The maximum Gasteiger partial charge on any atom is 0.239 e. The molecule has 1 amide bonds. The summed E-state index contributed by atoms with van der Waals surface area (Å²) in [5.74, 6) is 0.811. The van der Waals surface area contributed by atoms with Crippen LogP contribution in [-0.2, 0) is 4.79 Å². The molecule has 0 radical (unpaired) electrons. The number of anilines is 2. The quantitative estimate of drug-likeness (QED) is 0.873. The molecule has 0 saturated carbocycles. The molecule has 0 spiro atoms. The fourth-order valence-corrected chi connectivity index (χ4v) is 2.03. The van der Waals surface area contributed by atoms with Crippen LogP contribution >= 0.6 is 0 Å². The van der Waals surface area contributed by atoms with E-state index in [4.69, 9.17) is 5.73 Å². The van der Waals surface area contributed by atoms with Gasteiger partial charge in [-0.1, -0.05) is 12.1 Å². The Morgan fingerprint density at radius 2 is 2.05 bits per heavy atom. The van der Waals surface area contributed by atoms with Crippen molar-refractivity contribution in [3.05, 3.63) is 24.3 Å². The first-order chi connectivity index (χ1) is 9.47. The molecule has 0 aliphatic heterocycles. The molecule has 2 rings (SSSR count). The molecule has 1 aromatic carbocycles.